The molecule has 31 heavy (non-hydrogen) atoms. The van der Waals surface area contributed by atoms with Crippen molar-refractivity contribution >= 4 is 23.2 Å². The van der Waals surface area contributed by atoms with Crippen LogP contribution in [-0.2, 0) is 4.79 Å². The Balaban J connectivity index is 1.52. The van der Waals surface area contributed by atoms with Crippen molar-refractivity contribution in [3.8, 4) is 5.75 Å². The summed E-state index contributed by atoms with van der Waals surface area (Å²) >= 11 is 0. The number of ether oxygens (including phenoxy) is 1. The van der Waals surface area contributed by atoms with Gasteiger partial charge in [-0.3, -0.25) is 9.59 Å². The predicted octanol–water partition coefficient (Wildman–Crippen LogP) is 4.56. The van der Waals surface area contributed by atoms with Gasteiger partial charge in [-0.15, -0.1) is 0 Å². The van der Waals surface area contributed by atoms with Crippen LogP contribution in [-0.4, -0.2) is 43.0 Å². The van der Waals surface area contributed by atoms with Gasteiger partial charge in [-0.1, -0.05) is 25.6 Å². The maximum absolute atomic E-state index is 12.8. The second-order valence-corrected chi connectivity index (χ2v) is 8.23. The van der Waals surface area contributed by atoms with Gasteiger partial charge < -0.3 is 20.3 Å². The largest absolute Gasteiger partial charge is 0.489 e. The number of nitrogens with one attached hydrogen (secondary N) is 2. The summed E-state index contributed by atoms with van der Waals surface area (Å²) < 4.78 is 5.61. The van der Waals surface area contributed by atoms with E-state index in [-0.39, 0.29) is 18.4 Å². The highest BCUT2D eigenvalue weighted by Gasteiger charge is 2.21. The van der Waals surface area contributed by atoms with Gasteiger partial charge in [-0.2, -0.15) is 0 Å². The summed E-state index contributed by atoms with van der Waals surface area (Å²) in [5.41, 5.74) is 2.97. The molecule has 0 atom stereocenters. The summed E-state index contributed by atoms with van der Waals surface area (Å²) in [4.78, 5) is 27.0. The highest BCUT2D eigenvalue weighted by atomic mass is 16.5. The first kappa shape index (κ1) is 22.4. The molecular formula is C25H31N3O3. The Morgan fingerprint density at radius 3 is 2.55 bits per heavy atom. The molecule has 0 bridgehead atoms. The van der Waals surface area contributed by atoms with Crippen LogP contribution in [0.2, 0.25) is 0 Å². The Kier molecular flexibility index (Phi) is 7.70. The van der Waals surface area contributed by atoms with Gasteiger partial charge in [0.2, 0.25) is 5.91 Å². The minimum absolute atomic E-state index is 0.0478. The molecule has 2 amide bonds. The lowest BCUT2D eigenvalue weighted by Gasteiger charge is -2.30. The number of anilines is 2. The Morgan fingerprint density at radius 2 is 1.81 bits per heavy atom. The second-order valence-electron chi connectivity index (χ2n) is 8.23. The summed E-state index contributed by atoms with van der Waals surface area (Å²) in [5.74, 6) is 1.21. The molecule has 1 heterocycles. The van der Waals surface area contributed by atoms with Crippen molar-refractivity contribution in [1.82, 2.24) is 4.90 Å². The van der Waals surface area contributed by atoms with E-state index >= 15 is 0 Å². The van der Waals surface area contributed by atoms with E-state index in [4.69, 9.17) is 4.74 Å². The van der Waals surface area contributed by atoms with Crippen LogP contribution in [0.25, 0.3) is 0 Å². The lowest BCUT2D eigenvalue weighted by molar-refractivity contribution is -0.114. The van der Waals surface area contributed by atoms with Crippen LogP contribution in [0.3, 0.4) is 0 Å². The van der Waals surface area contributed by atoms with E-state index < -0.39 is 0 Å². The highest BCUT2D eigenvalue weighted by Crippen LogP contribution is 2.20. The van der Waals surface area contributed by atoms with Crippen LogP contribution >= 0.6 is 0 Å². The molecular weight excluding hydrogens is 390 g/mol. The summed E-state index contributed by atoms with van der Waals surface area (Å²) in [6.45, 7) is 10.1. The number of carbonyl (C=O) groups is 2. The number of piperidine rings is 1. The van der Waals surface area contributed by atoms with Crippen molar-refractivity contribution in [2.24, 2.45) is 5.92 Å². The maximum atomic E-state index is 12.8. The predicted molar refractivity (Wildman–Crippen MR) is 125 cm³/mol. The van der Waals surface area contributed by atoms with E-state index in [1.807, 2.05) is 48.2 Å². The second kappa shape index (κ2) is 10.7. The molecule has 2 N–H and O–H groups in total. The third-order valence-electron chi connectivity index (χ3n) is 5.24. The molecule has 164 valence electrons. The van der Waals surface area contributed by atoms with Gasteiger partial charge in [0.05, 0.1) is 6.54 Å². The SMILES string of the molecule is C=C(C)COc1cccc(NC(=O)CNc2cccc(C(=O)N3CCC(C)CC3)c2)c1. The first-order valence-corrected chi connectivity index (χ1v) is 10.7. The van der Waals surface area contributed by atoms with E-state index in [0.29, 0.717) is 29.5 Å². The molecule has 1 fully saturated rings. The quantitative estimate of drug-likeness (QED) is 0.613. The molecule has 0 aliphatic carbocycles. The van der Waals surface area contributed by atoms with Crippen LogP contribution in [0, 0.1) is 5.92 Å². The molecule has 3 rings (SSSR count). The van der Waals surface area contributed by atoms with Gasteiger partial charge in [0.15, 0.2) is 0 Å². The molecule has 0 radical (unpaired) electrons. The van der Waals surface area contributed by atoms with Crippen molar-refractivity contribution < 1.29 is 14.3 Å². The van der Waals surface area contributed by atoms with E-state index in [0.717, 1.165) is 37.2 Å². The Bertz CT molecular complexity index is 933. The lowest BCUT2D eigenvalue weighted by atomic mass is 9.98. The van der Waals surface area contributed by atoms with Crippen molar-refractivity contribution in [1.29, 1.82) is 0 Å². The first-order chi connectivity index (χ1) is 14.9. The standard InChI is InChI=1S/C25H31N3O3/c1-18(2)17-31-23-9-5-8-22(15-23)27-24(29)16-26-21-7-4-6-20(14-21)25(30)28-12-10-19(3)11-13-28/h4-9,14-15,19,26H,1,10-13,16-17H2,2-3H3,(H,27,29). The van der Waals surface area contributed by atoms with Crippen molar-refractivity contribution in [2.45, 2.75) is 26.7 Å². The van der Waals surface area contributed by atoms with Gasteiger partial charge in [-0.25, -0.2) is 0 Å². The minimum atomic E-state index is -0.182. The van der Waals surface area contributed by atoms with Crippen LogP contribution < -0.4 is 15.4 Å². The smallest absolute Gasteiger partial charge is 0.253 e. The molecule has 6 heteroatoms. The number of amides is 2. The number of nitrogens with zero attached hydrogens (tertiary/aromatic N) is 1. The minimum Gasteiger partial charge on any atom is -0.489 e. The Labute approximate surface area is 184 Å². The number of hydrogen-bond acceptors (Lipinski definition) is 4. The van der Waals surface area contributed by atoms with Gasteiger partial charge in [-0.05, 0) is 61.6 Å². The first-order valence-electron chi connectivity index (χ1n) is 10.7. The number of rotatable bonds is 8. The zero-order valence-corrected chi connectivity index (χ0v) is 18.3. The van der Waals surface area contributed by atoms with E-state index in [2.05, 4.69) is 24.1 Å². The summed E-state index contributed by atoms with van der Waals surface area (Å²) in [6.07, 6.45) is 2.09. The van der Waals surface area contributed by atoms with E-state index in [1.165, 1.54) is 0 Å². The molecule has 0 saturated carbocycles. The number of benzene rings is 2. The Morgan fingerprint density at radius 1 is 1.10 bits per heavy atom. The average Bonchev–Trinajstić information content (AvgIpc) is 2.77. The van der Waals surface area contributed by atoms with Crippen molar-refractivity contribution in [3.05, 3.63) is 66.2 Å². The molecule has 1 aliphatic heterocycles. The molecule has 0 spiro atoms. The topological polar surface area (TPSA) is 70.7 Å². The zero-order valence-electron chi connectivity index (χ0n) is 18.3. The third kappa shape index (κ3) is 6.88. The molecule has 6 nitrogen and oxygen atoms in total. The van der Waals surface area contributed by atoms with Crippen molar-refractivity contribution in [2.75, 3.05) is 36.9 Å². The van der Waals surface area contributed by atoms with E-state index in [9.17, 15) is 9.59 Å². The Hall–Kier alpha value is -3.28. The summed E-state index contributed by atoms with van der Waals surface area (Å²) in [5, 5.41) is 5.95. The fourth-order valence-corrected chi connectivity index (χ4v) is 3.41. The van der Waals surface area contributed by atoms with Gasteiger partial charge >= 0.3 is 0 Å². The monoisotopic (exact) mass is 421 g/mol. The average molecular weight is 422 g/mol. The highest BCUT2D eigenvalue weighted by molar-refractivity contribution is 5.96. The van der Waals surface area contributed by atoms with Crippen LogP contribution in [0.4, 0.5) is 11.4 Å². The number of likely N-dealkylation sites (tertiary alicyclic amines) is 1. The third-order valence-corrected chi connectivity index (χ3v) is 5.24. The van der Waals surface area contributed by atoms with E-state index in [1.54, 1.807) is 12.1 Å². The number of hydrogen-bond donors (Lipinski definition) is 2. The van der Waals surface area contributed by atoms with Crippen LogP contribution in [0.1, 0.15) is 37.0 Å². The summed E-state index contributed by atoms with van der Waals surface area (Å²) in [6, 6.07) is 14.6. The fraction of sp³-hybridized carbons (Fsp3) is 0.360. The molecule has 0 aromatic heterocycles. The van der Waals surface area contributed by atoms with Gasteiger partial charge in [0, 0.05) is 36.1 Å². The van der Waals surface area contributed by atoms with Crippen molar-refractivity contribution in [3.63, 3.8) is 0 Å². The van der Waals surface area contributed by atoms with Gasteiger partial charge in [0.1, 0.15) is 12.4 Å². The summed E-state index contributed by atoms with van der Waals surface area (Å²) in [7, 11) is 0. The van der Waals surface area contributed by atoms with Crippen LogP contribution in [0.15, 0.2) is 60.7 Å². The fourth-order valence-electron chi connectivity index (χ4n) is 3.41. The molecule has 2 aromatic rings. The molecule has 1 saturated heterocycles. The molecule has 0 unspecified atom stereocenters. The normalized spacial score (nSPS) is 14.1. The number of carbonyl (C=O) groups excluding carboxylic acids is 2. The van der Waals surface area contributed by atoms with Crippen LogP contribution in [0.5, 0.6) is 5.75 Å². The molecule has 1 aliphatic rings. The van der Waals surface area contributed by atoms with Gasteiger partial charge in [0.25, 0.3) is 5.91 Å². The maximum Gasteiger partial charge on any atom is 0.253 e. The lowest BCUT2D eigenvalue weighted by Crippen LogP contribution is -2.37. The molecule has 2 aromatic carbocycles. The zero-order chi connectivity index (χ0) is 22.2.